The molecule has 4 heteroatoms. The number of ether oxygens (including phenoxy) is 2. The van der Waals surface area contributed by atoms with E-state index < -0.39 is 11.9 Å². The Kier molecular flexibility index (Phi) is 4.55. The maximum atomic E-state index is 13.5. The van der Waals surface area contributed by atoms with Gasteiger partial charge in [-0.25, -0.2) is 4.39 Å². The van der Waals surface area contributed by atoms with Gasteiger partial charge in [0.1, 0.15) is 0 Å². The molecule has 0 amide bonds. The molecule has 1 atom stereocenters. The van der Waals surface area contributed by atoms with Gasteiger partial charge in [0, 0.05) is 13.2 Å². The first-order valence-corrected chi connectivity index (χ1v) is 6.30. The summed E-state index contributed by atoms with van der Waals surface area (Å²) in [5, 5.41) is 10.1. The highest BCUT2D eigenvalue weighted by Gasteiger charge is 2.19. The van der Waals surface area contributed by atoms with E-state index in [1.807, 2.05) is 0 Å². The Morgan fingerprint density at radius 1 is 1.44 bits per heavy atom. The van der Waals surface area contributed by atoms with Gasteiger partial charge in [-0.2, -0.15) is 0 Å². The maximum absolute atomic E-state index is 13.5. The lowest BCUT2D eigenvalue weighted by Gasteiger charge is -2.24. The highest BCUT2D eigenvalue weighted by molar-refractivity contribution is 5.30. The van der Waals surface area contributed by atoms with E-state index in [0.29, 0.717) is 17.9 Å². The summed E-state index contributed by atoms with van der Waals surface area (Å²) in [4.78, 5) is 0. The average molecular weight is 254 g/mol. The van der Waals surface area contributed by atoms with Crippen LogP contribution in [-0.2, 0) is 4.74 Å². The second kappa shape index (κ2) is 6.16. The predicted molar refractivity (Wildman–Crippen MR) is 66.1 cm³/mol. The van der Waals surface area contributed by atoms with Crippen LogP contribution in [0.1, 0.15) is 30.9 Å². The van der Waals surface area contributed by atoms with Gasteiger partial charge in [-0.3, -0.25) is 0 Å². The lowest BCUT2D eigenvalue weighted by atomic mass is 9.91. The number of hydrogen-bond donors (Lipinski definition) is 1. The molecule has 0 bridgehead atoms. The molecule has 100 valence electrons. The third kappa shape index (κ3) is 3.21. The van der Waals surface area contributed by atoms with Crippen LogP contribution in [0.25, 0.3) is 0 Å². The molecule has 2 rings (SSSR count). The van der Waals surface area contributed by atoms with Gasteiger partial charge in [-0.1, -0.05) is 6.07 Å². The summed E-state index contributed by atoms with van der Waals surface area (Å²) in [6.07, 6.45) is 1.98. The van der Waals surface area contributed by atoms with E-state index in [-0.39, 0.29) is 5.75 Å². The van der Waals surface area contributed by atoms with Gasteiger partial charge >= 0.3 is 0 Å². The number of aliphatic hydroxyl groups excluding tert-OH is 1. The molecule has 1 aliphatic heterocycles. The highest BCUT2D eigenvalue weighted by Crippen LogP contribution is 2.29. The molecule has 1 fully saturated rings. The molecule has 1 unspecified atom stereocenters. The Balaban J connectivity index is 1.99. The second-order valence-electron chi connectivity index (χ2n) is 4.70. The zero-order chi connectivity index (χ0) is 13.0. The topological polar surface area (TPSA) is 38.7 Å². The fourth-order valence-electron chi connectivity index (χ4n) is 2.32. The predicted octanol–water partition coefficient (Wildman–Crippen LogP) is 2.68. The van der Waals surface area contributed by atoms with Crippen LogP contribution in [-0.4, -0.2) is 25.4 Å². The summed E-state index contributed by atoms with van der Waals surface area (Å²) in [5.74, 6) is 0.233. The Labute approximate surface area is 107 Å². The summed E-state index contributed by atoms with van der Waals surface area (Å²) in [6.45, 7) is 1.52. The number of halogens is 1. The summed E-state index contributed by atoms with van der Waals surface area (Å²) in [6, 6.07) is 4.62. The van der Waals surface area contributed by atoms with Crippen LogP contribution in [0.2, 0.25) is 0 Å². The SMILES string of the molecule is COc1ccc(C(O)CC2CCOCC2)cc1F. The zero-order valence-corrected chi connectivity index (χ0v) is 10.6. The number of hydrogen-bond acceptors (Lipinski definition) is 3. The minimum Gasteiger partial charge on any atom is -0.494 e. The van der Waals surface area contributed by atoms with Gasteiger partial charge in [0.15, 0.2) is 11.6 Å². The van der Waals surface area contributed by atoms with Crippen LogP contribution in [0.15, 0.2) is 18.2 Å². The third-order valence-corrected chi connectivity index (χ3v) is 3.46. The number of benzene rings is 1. The van der Waals surface area contributed by atoms with Crippen LogP contribution in [0.5, 0.6) is 5.75 Å². The van der Waals surface area contributed by atoms with Crippen molar-refractivity contribution in [2.45, 2.75) is 25.4 Å². The monoisotopic (exact) mass is 254 g/mol. The van der Waals surface area contributed by atoms with Crippen molar-refractivity contribution >= 4 is 0 Å². The van der Waals surface area contributed by atoms with Crippen molar-refractivity contribution in [1.82, 2.24) is 0 Å². The molecule has 1 aromatic rings. The lowest BCUT2D eigenvalue weighted by molar-refractivity contribution is 0.0434. The van der Waals surface area contributed by atoms with Crippen LogP contribution in [0, 0.1) is 11.7 Å². The van der Waals surface area contributed by atoms with E-state index in [1.54, 1.807) is 12.1 Å². The number of methoxy groups -OCH3 is 1. The molecular formula is C14H19FO3. The Morgan fingerprint density at radius 3 is 2.78 bits per heavy atom. The molecular weight excluding hydrogens is 235 g/mol. The first-order valence-electron chi connectivity index (χ1n) is 6.30. The molecule has 1 N–H and O–H groups in total. The molecule has 0 radical (unpaired) electrons. The first-order chi connectivity index (χ1) is 8.70. The lowest BCUT2D eigenvalue weighted by Crippen LogP contribution is -2.18. The fourth-order valence-corrected chi connectivity index (χ4v) is 2.32. The molecule has 0 aromatic heterocycles. The van der Waals surface area contributed by atoms with E-state index >= 15 is 0 Å². The Morgan fingerprint density at radius 2 is 2.17 bits per heavy atom. The Bertz CT molecular complexity index is 389. The number of aliphatic hydroxyl groups is 1. The van der Waals surface area contributed by atoms with E-state index in [2.05, 4.69) is 0 Å². The van der Waals surface area contributed by atoms with Crippen molar-refractivity contribution in [3.63, 3.8) is 0 Å². The molecule has 18 heavy (non-hydrogen) atoms. The van der Waals surface area contributed by atoms with Gasteiger partial charge < -0.3 is 14.6 Å². The van der Waals surface area contributed by atoms with Crippen molar-refractivity contribution in [2.75, 3.05) is 20.3 Å². The Hall–Kier alpha value is -1.13. The van der Waals surface area contributed by atoms with Gasteiger partial charge in [0.25, 0.3) is 0 Å². The van der Waals surface area contributed by atoms with Crippen molar-refractivity contribution in [1.29, 1.82) is 0 Å². The van der Waals surface area contributed by atoms with Crippen molar-refractivity contribution < 1.29 is 19.0 Å². The maximum Gasteiger partial charge on any atom is 0.165 e. The first kappa shape index (κ1) is 13.3. The summed E-state index contributed by atoms with van der Waals surface area (Å²) in [5.41, 5.74) is 0.611. The van der Waals surface area contributed by atoms with E-state index in [1.165, 1.54) is 13.2 Å². The molecule has 0 spiro atoms. The number of rotatable bonds is 4. The molecule has 0 aliphatic carbocycles. The highest BCUT2D eigenvalue weighted by atomic mass is 19.1. The molecule has 1 aliphatic rings. The zero-order valence-electron chi connectivity index (χ0n) is 10.6. The van der Waals surface area contributed by atoms with Crippen LogP contribution in [0.3, 0.4) is 0 Å². The van der Waals surface area contributed by atoms with Crippen LogP contribution in [0.4, 0.5) is 4.39 Å². The standard InChI is InChI=1S/C14H19FO3/c1-17-14-3-2-11(9-12(14)15)13(16)8-10-4-6-18-7-5-10/h2-3,9-10,13,16H,4-8H2,1H3. The quantitative estimate of drug-likeness (QED) is 0.897. The largest absolute Gasteiger partial charge is 0.494 e. The molecule has 0 saturated carbocycles. The van der Waals surface area contributed by atoms with Gasteiger partial charge in [-0.15, -0.1) is 0 Å². The van der Waals surface area contributed by atoms with Crippen LogP contribution < -0.4 is 4.74 Å². The van der Waals surface area contributed by atoms with E-state index in [4.69, 9.17) is 9.47 Å². The van der Waals surface area contributed by atoms with Crippen LogP contribution >= 0.6 is 0 Å². The van der Waals surface area contributed by atoms with Crippen molar-refractivity contribution in [3.05, 3.63) is 29.6 Å². The summed E-state index contributed by atoms with van der Waals surface area (Å²) >= 11 is 0. The average Bonchev–Trinajstić information content (AvgIpc) is 2.39. The molecule has 3 nitrogen and oxygen atoms in total. The minimum absolute atomic E-state index is 0.206. The van der Waals surface area contributed by atoms with E-state index in [0.717, 1.165) is 26.1 Å². The normalized spacial score (nSPS) is 18.6. The van der Waals surface area contributed by atoms with Crippen molar-refractivity contribution in [2.24, 2.45) is 5.92 Å². The molecule has 1 saturated heterocycles. The molecule has 1 aromatic carbocycles. The second-order valence-corrected chi connectivity index (χ2v) is 4.70. The summed E-state index contributed by atoms with van der Waals surface area (Å²) in [7, 11) is 1.43. The van der Waals surface area contributed by atoms with Gasteiger partial charge in [-0.05, 0) is 42.9 Å². The molecule has 1 heterocycles. The van der Waals surface area contributed by atoms with Gasteiger partial charge in [0.05, 0.1) is 13.2 Å². The van der Waals surface area contributed by atoms with Crippen molar-refractivity contribution in [3.8, 4) is 5.75 Å². The smallest absolute Gasteiger partial charge is 0.165 e. The summed E-state index contributed by atoms with van der Waals surface area (Å²) < 4.78 is 23.7. The fraction of sp³-hybridized carbons (Fsp3) is 0.571. The third-order valence-electron chi connectivity index (χ3n) is 3.46. The van der Waals surface area contributed by atoms with Gasteiger partial charge in [0.2, 0.25) is 0 Å². The van der Waals surface area contributed by atoms with E-state index in [9.17, 15) is 9.50 Å². The minimum atomic E-state index is -0.617.